The molecule has 116 valence electrons. The predicted molar refractivity (Wildman–Crippen MR) is 84.0 cm³/mol. The number of esters is 1. The third-order valence-electron chi connectivity index (χ3n) is 4.05. The summed E-state index contributed by atoms with van der Waals surface area (Å²) in [7, 11) is 1.45. The number of rotatable bonds is 7. The van der Waals surface area contributed by atoms with Crippen LogP contribution in [0.25, 0.3) is 0 Å². The second-order valence-electron chi connectivity index (χ2n) is 5.64. The van der Waals surface area contributed by atoms with Crippen molar-refractivity contribution < 1.29 is 9.53 Å². The first-order valence-corrected chi connectivity index (χ1v) is 7.83. The van der Waals surface area contributed by atoms with Crippen LogP contribution in [0, 0.1) is 0 Å². The van der Waals surface area contributed by atoms with Gasteiger partial charge in [0.25, 0.3) is 0 Å². The quantitative estimate of drug-likeness (QED) is 0.569. The molecule has 21 heavy (non-hydrogen) atoms. The molecule has 1 aliphatic heterocycles. The zero-order valence-electron chi connectivity index (χ0n) is 13.0. The molecule has 0 atom stereocenters. The highest BCUT2D eigenvalue weighted by Crippen LogP contribution is 2.09. The Hall–Kier alpha value is -1.39. The van der Waals surface area contributed by atoms with Crippen LogP contribution in [0.4, 0.5) is 0 Å². The number of hydrogen-bond acceptors (Lipinski definition) is 4. The van der Waals surface area contributed by atoms with Crippen LogP contribution in [0.2, 0.25) is 0 Å². The van der Waals surface area contributed by atoms with E-state index in [0.29, 0.717) is 6.42 Å². The molecule has 0 N–H and O–H groups in total. The summed E-state index contributed by atoms with van der Waals surface area (Å²) < 4.78 is 4.65. The smallest absolute Gasteiger partial charge is 0.305 e. The Bertz CT molecular complexity index is 414. The van der Waals surface area contributed by atoms with Gasteiger partial charge in [0.05, 0.1) is 7.11 Å². The minimum Gasteiger partial charge on any atom is -0.469 e. The van der Waals surface area contributed by atoms with E-state index < -0.39 is 0 Å². The van der Waals surface area contributed by atoms with E-state index in [9.17, 15) is 4.79 Å². The van der Waals surface area contributed by atoms with Gasteiger partial charge >= 0.3 is 5.97 Å². The lowest BCUT2D eigenvalue weighted by atomic mass is 10.2. The van der Waals surface area contributed by atoms with Gasteiger partial charge in [0.2, 0.25) is 0 Å². The standard InChI is InChI=1S/C17H26N2O2/c1-21-17(20)9-5-6-10-18-11-13-19(14-12-18)15-16-7-3-2-4-8-16/h2-4,7-8H,5-6,9-15H2,1H3. The molecule has 1 aromatic carbocycles. The Balaban J connectivity index is 1.59. The highest BCUT2D eigenvalue weighted by molar-refractivity contribution is 5.68. The maximum absolute atomic E-state index is 11.0. The molecule has 0 radical (unpaired) electrons. The lowest BCUT2D eigenvalue weighted by Crippen LogP contribution is -2.46. The van der Waals surface area contributed by atoms with Gasteiger partial charge in [0, 0.05) is 39.1 Å². The third kappa shape index (κ3) is 5.86. The van der Waals surface area contributed by atoms with Crippen LogP contribution >= 0.6 is 0 Å². The van der Waals surface area contributed by atoms with E-state index in [1.807, 2.05) is 0 Å². The van der Waals surface area contributed by atoms with Crippen molar-refractivity contribution in [2.24, 2.45) is 0 Å². The average molecular weight is 290 g/mol. The molecule has 0 unspecified atom stereocenters. The summed E-state index contributed by atoms with van der Waals surface area (Å²) in [5.74, 6) is -0.0947. The molecule has 0 saturated carbocycles. The van der Waals surface area contributed by atoms with Crippen LogP contribution in [0.1, 0.15) is 24.8 Å². The van der Waals surface area contributed by atoms with E-state index in [1.165, 1.54) is 12.7 Å². The summed E-state index contributed by atoms with van der Waals surface area (Å²) in [6, 6.07) is 10.7. The molecule has 1 aliphatic rings. The van der Waals surface area contributed by atoms with E-state index in [1.54, 1.807) is 0 Å². The predicted octanol–water partition coefficient (Wildman–Crippen LogP) is 2.15. The van der Waals surface area contributed by atoms with E-state index >= 15 is 0 Å². The second kappa shape index (κ2) is 8.80. The largest absolute Gasteiger partial charge is 0.469 e. The van der Waals surface area contributed by atoms with Crippen molar-refractivity contribution in [2.45, 2.75) is 25.8 Å². The molecule has 0 aliphatic carbocycles. The first-order chi connectivity index (χ1) is 10.3. The fourth-order valence-corrected chi connectivity index (χ4v) is 2.72. The van der Waals surface area contributed by atoms with E-state index in [4.69, 9.17) is 0 Å². The Morgan fingerprint density at radius 3 is 2.38 bits per heavy atom. The molecule has 0 aromatic heterocycles. The molecular weight excluding hydrogens is 264 g/mol. The van der Waals surface area contributed by atoms with Crippen molar-refractivity contribution >= 4 is 5.97 Å². The van der Waals surface area contributed by atoms with Crippen LogP contribution < -0.4 is 0 Å². The minimum atomic E-state index is -0.0947. The molecule has 4 nitrogen and oxygen atoms in total. The topological polar surface area (TPSA) is 32.8 Å². The van der Waals surface area contributed by atoms with Crippen LogP contribution in [0.3, 0.4) is 0 Å². The van der Waals surface area contributed by atoms with Gasteiger partial charge < -0.3 is 9.64 Å². The van der Waals surface area contributed by atoms with Gasteiger partial charge in [-0.05, 0) is 24.9 Å². The summed E-state index contributed by atoms with van der Waals surface area (Å²) in [5.41, 5.74) is 1.39. The van der Waals surface area contributed by atoms with Crippen molar-refractivity contribution in [1.82, 2.24) is 9.80 Å². The van der Waals surface area contributed by atoms with Gasteiger partial charge in [-0.3, -0.25) is 9.69 Å². The third-order valence-corrected chi connectivity index (χ3v) is 4.05. The number of carbonyl (C=O) groups excluding carboxylic acids is 1. The Kier molecular flexibility index (Phi) is 6.70. The fourth-order valence-electron chi connectivity index (χ4n) is 2.72. The van der Waals surface area contributed by atoms with Crippen LogP contribution in [-0.2, 0) is 16.1 Å². The van der Waals surface area contributed by atoms with E-state index in [0.717, 1.165) is 52.1 Å². The highest BCUT2D eigenvalue weighted by atomic mass is 16.5. The molecule has 1 aromatic rings. The summed E-state index contributed by atoms with van der Waals surface area (Å²) >= 11 is 0. The van der Waals surface area contributed by atoms with Gasteiger partial charge in [-0.25, -0.2) is 0 Å². The second-order valence-corrected chi connectivity index (χ2v) is 5.64. The lowest BCUT2D eigenvalue weighted by Gasteiger charge is -2.34. The number of carbonyl (C=O) groups is 1. The van der Waals surface area contributed by atoms with Crippen molar-refractivity contribution in [3.63, 3.8) is 0 Å². The highest BCUT2D eigenvalue weighted by Gasteiger charge is 2.16. The van der Waals surface area contributed by atoms with Gasteiger partial charge in [0.15, 0.2) is 0 Å². The number of methoxy groups -OCH3 is 1. The molecule has 4 heteroatoms. The Morgan fingerprint density at radius 2 is 1.71 bits per heavy atom. The first-order valence-electron chi connectivity index (χ1n) is 7.83. The number of ether oxygens (including phenoxy) is 1. The van der Waals surface area contributed by atoms with E-state index in [-0.39, 0.29) is 5.97 Å². The van der Waals surface area contributed by atoms with Gasteiger partial charge in [-0.2, -0.15) is 0 Å². The summed E-state index contributed by atoms with van der Waals surface area (Å²) in [5, 5.41) is 0. The van der Waals surface area contributed by atoms with Crippen molar-refractivity contribution in [3.8, 4) is 0 Å². The van der Waals surface area contributed by atoms with Crippen LogP contribution in [0.5, 0.6) is 0 Å². The zero-order chi connectivity index (χ0) is 14.9. The van der Waals surface area contributed by atoms with Crippen LogP contribution in [0.15, 0.2) is 30.3 Å². The number of nitrogens with zero attached hydrogens (tertiary/aromatic N) is 2. The number of hydrogen-bond donors (Lipinski definition) is 0. The fraction of sp³-hybridized carbons (Fsp3) is 0.588. The molecule has 1 fully saturated rings. The van der Waals surface area contributed by atoms with Gasteiger partial charge in [-0.1, -0.05) is 30.3 Å². The molecular formula is C17H26N2O2. The normalized spacial score (nSPS) is 16.8. The Morgan fingerprint density at radius 1 is 1.05 bits per heavy atom. The monoisotopic (exact) mass is 290 g/mol. The number of benzene rings is 1. The maximum atomic E-state index is 11.0. The SMILES string of the molecule is COC(=O)CCCCN1CCN(Cc2ccccc2)CC1. The maximum Gasteiger partial charge on any atom is 0.305 e. The van der Waals surface area contributed by atoms with Crippen molar-refractivity contribution in [1.29, 1.82) is 0 Å². The van der Waals surface area contributed by atoms with Gasteiger partial charge in [-0.15, -0.1) is 0 Å². The molecule has 0 bridgehead atoms. The zero-order valence-corrected chi connectivity index (χ0v) is 13.0. The Labute approximate surface area is 127 Å². The molecule has 0 amide bonds. The average Bonchev–Trinajstić information content (AvgIpc) is 2.54. The summed E-state index contributed by atoms with van der Waals surface area (Å²) in [6.07, 6.45) is 2.55. The lowest BCUT2D eigenvalue weighted by molar-refractivity contribution is -0.140. The van der Waals surface area contributed by atoms with Crippen LogP contribution in [-0.4, -0.2) is 55.6 Å². The number of piperazine rings is 1. The first kappa shape index (κ1) is 16.0. The molecule has 2 rings (SSSR count). The molecule has 0 spiro atoms. The van der Waals surface area contributed by atoms with Crippen molar-refractivity contribution in [2.75, 3.05) is 39.8 Å². The summed E-state index contributed by atoms with van der Waals surface area (Å²) in [4.78, 5) is 16.0. The van der Waals surface area contributed by atoms with Gasteiger partial charge in [0.1, 0.15) is 0 Å². The molecule has 1 saturated heterocycles. The minimum absolute atomic E-state index is 0.0947. The number of unbranched alkanes of at least 4 members (excludes halogenated alkanes) is 1. The van der Waals surface area contributed by atoms with Crippen molar-refractivity contribution in [3.05, 3.63) is 35.9 Å². The van der Waals surface area contributed by atoms with E-state index in [2.05, 4.69) is 44.9 Å². The summed E-state index contributed by atoms with van der Waals surface area (Å²) in [6.45, 7) is 6.67. The molecule has 1 heterocycles.